The van der Waals surface area contributed by atoms with Gasteiger partial charge in [0.2, 0.25) is 5.95 Å². The standard InChI is InChI=1S/C20H18IN6O3P/c1-12-18(27-10-8-15(29-2)11-17(27)23-12)16-7-9-22-20(25-16)24-14-5-3-13(4-6-14)19(28)26-30-31-21/h3-11,31H,1-2H3,(H,26,28)(H,22,24,25). The monoisotopic (exact) mass is 548 g/mol. The van der Waals surface area contributed by atoms with Gasteiger partial charge in [-0.3, -0.25) is 9.20 Å². The molecule has 9 nitrogen and oxygen atoms in total. The highest BCUT2D eigenvalue weighted by Gasteiger charge is 2.14. The predicted octanol–water partition coefficient (Wildman–Crippen LogP) is 4.46. The number of hydrogen-bond donors (Lipinski definition) is 2. The fraction of sp³-hybridized carbons (Fsp3) is 0.100. The van der Waals surface area contributed by atoms with Gasteiger partial charge in [0, 0.05) is 29.7 Å². The van der Waals surface area contributed by atoms with E-state index in [4.69, 9.17) is 9.36 Å². The highest BCUT2D eigenvalue weighted by molar-refractivity contribution is 14.2. The third-order valence-corrected chi connectivity index (χ3v) is 5.33. The Labute approximate surface area is 192 Å². The summed E-state index contributed by atoms with van der Waals surface area (Å²) in [5.41, 5.74) is 6.86. The molecule has 31 heavy (non-hydrogen) atoms. The molecule has 11 heteroatoms. The van der Waals surface area contributed by atoms with Crippen molar-refractivity contribution in [3.8, 4) is 17.1 Å². The number of carbonyl (C=O) groups excluding carboxylic acids is 1. The van der Waals surface area contributed by atoms with E-state index in [1.54, 1.807) is 37.6 Å². The molecule has 2 N–H and O–H groups in total. The number of pyridine rings is 1. The Morgan fingerprint density at radius 1 is 1.16 bits per heavy atom. The largest absolute Gasteiger partial charge is 0.497 e. The van der Waals surface area contributed by atoms with E-state index < -0.39 is 0 Å². The summed E-state index contributed by atoms with van der Waals surface area (Å²) < 4.78 is 12.2. The first-order valence-corrected chi connectivity index (χ1v) is 13.2. The van der Waals surface area contributed by atoms with Crippen LogP contribution in [-0.2, 0) is 4.62 Å². The van der Waals surface area contributed by atoms with Gasteiger partial charge in [-0.25, -0.2) is 25.1 Å². The Hall–Kier alpha value is -2.82. The number of carbonyl (C=O) groups is 1. The maximum absolute atomic E-state index is 11.9. The number of benzene rings is 1. The lowest BCUT2D eigenvalue weighted by Gasteiger charge is -2.08. The topological polar surface area (TPSA) is 103 Å². The quantitative estimate of drug-likeness (QED) is 0.200. The molecule has 1 unspecified atom stereocenters. The fourth-order valence-electron chi connectivity index (χ4n) is 3.09. The minimum absolute atomic E-state index is 0.152. The lowest BCUT2D eigenvalue weighted by atomic mass is 10.2. The first kappa shape index (κ1) is 21.4. The van der Waals surface area contributed by atoms with Gasteiger partial charge in [-0.15, -0.1) is 0 Å². The maximum Gasteiger partial charge on any atom is 0.275 e. The van der Waals surface area contributed by atoms with Crippen LogP contribution >= 0.6 is 28.5 Å². The molecule has 1 amide bonds. The number of ether oxygens (including phenoxy) is 1. The smallest absolute Gasteiger partial charge is 0.275 e. The highest BCUT2D eigenvalue weighted by atomic mass is 127. The van der Waals surface area contributed by atoms with Gasteiger partial charge in [-0.1, -0.05) is 0 Å². The molecule has 0 aliphatic rings. The number of amides is 1. The van der Waals surface area contributed by atoms with Gasteiger partial charge in [0.15, 0.2) is 0 Å². The Kier molecular flexibility index (Phi) is 6.59. The number of nitrogens with one attached hydrogen (secondary N) is 2. The van der Waals surface area contributed by atoms with Gasteiger partial charge in [0.25, 0.3) is 5.91 Å². The molecule has 1 atom stereocenters. The van der Waals surface area contributed by atoms with Crippen LogP contribution in [0.5, 0.6) is 5.75 Å². The molecule has 0 fully saturated rings. The second-order valence-corrected chi connectivity index (χ2v) is 8.10. The summed E-state index contributed by atoms with van der Waals surface area (Å²) in [5.74, 6) is 0.883. The predicted molar refractivity (Wildman–Crippen MR) is 128 cm³/mol. The Balaban J connectivity index is 1.58. The minimum atomic E-state index is -0.298. The lowest BCUT2D eigenvalue weighted by molar-refractivity contribution is 0.0795. The average Bonchev–Trinajstić information content (AvgIpc) is 3.12. The van der Waals surface area contributed by atoms with Gasteiger partial charge < -0.3 is 10.1 Å². The molecule has 158 valence electrons. The Morgan fingerprint density at radius 2 is 1.97 bits per heavy atom. The summed E-state index contributed by atoms with van der Waals surface area (Å²) in [5, 5.41) is 3.17. The SMILES string of the molecule is COc1ccn2c(-c3ccnc(Nc4ccc(C(=O)NOPI)cc4)n3)c(C)nc2c1. The first-order chi connectivity index (χ1) is 15.1. The second-order valence-electron chi connectivity index (χ2n) is 6.42. The number of rotatable bonds is 7. The van der Waals surface area contributed by atoms with Crippen LogP contribution in [0.3, 0.4) is 0 Å². The molecule has 4 rings (SSSR count). The molecule has 1 aromatic carbocycles. The molecular formula is C20H18IN6O3P. The van der Waals surface area contributed by atoms with Crippen LogP contribution in [0.4, 0.5) is 11.6 Å². The lowest BCUT2D eigenvalue weighted by Crippen LogP contribution is -2.19. The number of methoxy groups -OCH3 is 1. The van der Waals surface area contributed by atoms with Crippen molar-refractivity contribution < 1.29 is 14.2 Å². The van der Waals surface area contributed by atoms with Gasteiger partial charge in [0.05, 0.1) is 24.2 Å². The van der Waals surface area contributed by atoms with E-state index in [2.05, 4.69) is 25.7 Å². The van der Waals surface area contributed by atoms with Crippen molar-refractivity contribution in [2.24, 2.45) is 0 Å². The van der Waals surface area contributed by atoms with Crippen LogP contribution in [0.1, 0.15) is 16.1 Å². The van der Waals surface area contributed by atoms with Crippen LogP contribution in [-0.4, -0.2) is 32.4 Å². The second kappa shape index (κ2) is 9.54. The zero-order valence-electron chi connectivity index (χ0n) is 16.6. The summed E-state index contributed by atoms with van der Waals surface area (Å²) in [6, 6.07) is 12.5. The third-order valence-electron chi connectivity index (χ3n) is 4.49. The summed E-state index contributed by atoms with van der Waals surface area (Å²) in [4.78, 5) is 25.5. The van der Waals surface area contributed by atoms with Crippen molar-refractivity contribution in [3.63, 3.8) is 0 Å². The number of aryl methyl sites for hydroxylation is 1. The van der Waals surface area contributed by atoms with Gasteiger partial charge in [-0.2, -0.15) is 0 Å². The van der Waals surface area contributed by atoms with E-state index in [0.717, 1.165) is 34.2 Å². The highest BCUT2D eigenvalue weighted by Crippen LogP contribution is 2.26. The van der Waals surface area contributed by atoms with Crippen LogP contribution in [0.2, 0.25) is 0 Å². The number of fused-ring (bicyclic) bond motifs is 1. The van der Waals surface area contributed by atoms with Crippen LogP contribution < -0.4 is 15.5 Å². The zero-order chi connectivity index (χ0) is 21.8. The van der Waals surface area contributed by atoms with Crippen molar-refractivity contribution >= 4 is 51.7 Å². The number of nitrogens with zero attached hydrogens (tertiary/aromatic N) is 4. The number of halogens is 1. The molecule has 0 radical (unpaired) electrons. The molecule has 0 spiro atoms. The molecule has 0 bridgehead atoms. The molecule has 3 aromatic heterocycles. The van der Waals surface area contributed by atoms with E-state index in [9.17, 15) is 4.79 Å². The van der Waals surface area contributed by atoms with Crippen molar-refractivity contribution in [2.75, 3.05) is 12.4 Å². The summed E-state index contributed by atoms with van der Waals surface area (Å²) >= 11 is 2.03. The van der Waals surface area contributed by atoms with Crippen molar-refractivity contribution in [1.82, 2.24) is 24.8 Å². The average molecular weight is 548 g/mol. The summed E-state index contributed by atoms with van der Waals surface area (Å²) in [6.07, 6.45) is 3.60. The summed E-state index contributed by atoms with van der Waals surface area (Å²) in [7, 11) is 1.63. The molecule has 0 aliphatic heterocycles. The van der Waals surface area contributed by atoms with E-state index in [0.29, 0.717) is 11.5 Å². The van der Waals surface area contributed by atoms with Crippen LogP contribution in [0.25, 0.3) is 17.0 Å². The fourth-order valence-corrected chi connectivity index (χ4v) is 3.55. The maximum atomic E-state index is 11.9. The third kappa shape index (κ3) is 4.76. The number of hydrogen-bond acceptors (Lipinski definition) is 7. The van der Waals surface area contributed by atoms with Gasteiger partial charge in [-0.05, 0) is 65.4 Å². The van der Waals surface area contributed by atoms with E-state index in [1.165, 1.54) is 0 Å². The number of aromatic nitrogens is 4. The molecule has 3 heterocycles. The molecule has 4 aromatic rings. The molecule has 0 aliphatic carbocycles. The van der Waals surface area contributed by atoms with Crippen LogP contribution in [0, 0.1) is 6.92 Å². The van der Waals surface area contributed by atoms with Crippen molar-refractivity contribution in [1.29, 1.82) is 0 Å². The van der Waals surface area contributed by atoms with Crippen molar-refractivity contribution in [2.45, 2.75) is 6.92 Å². The van der Waals surface area contributed by atoms with Crippen molar-refractivity contribution in [3.05, 3.63) is 66.1 Å². The molecular weight excluding hydrogens is 530 g/mol. The minimum Gasteiger partial charge on any atom is -0.497 e. The zero-order valence-corrected chi connectivity index (χ0v) is 19.7. The van der Waals surface area contributed by atoms with E-state index in [1.807, 2.05) is 57.8 Å². The first-order valence-electron chi connectivity index (χ1n) is 9.14. The molecule has 0 saturated carbocycles. The van der Waals surface area contributed by atoms with E-state index in [-0.39, 0.29) is 12.4 Å². The number of hydroxylamine groups is 1. The van der Waals surface area contributed by atoms with Gasteiger partial charge in [0.1, 0.15) is 17.8 Å². The number of imidazole rings is 1. The van der Waals surface area contributed by atoms with Crippen LogP contribution in [0.15, 0.2) is 54.9 Å². The summed E-state index contributed by atoms with van der Waals surface area (Å²) in [6.45, 7) is 2.09. The van der Waals surface area contributed by atoms with Gasteiger partial charge >= 0.3 is 0 Å². The Bertz CT molecular complexity index is 1230. The number of anilines is 2. The van der Waals surface area contributed by atoms with E-state index >= 15 is 0 Å². The molecule has 0 saturated heterocycles. The Morgan fingerprint density at radius 3 is 2.71 bits per heavy atom. The normalized spacial score (nSPS) is 11.2.